The molecular weight excluding hydrogens is 469 g/mol. The van der Waals surface area contributed by atoms with E-state index in [-0.39, 0.29) is 17.1 Å². The number of rotatable bonds is 6. The van der Waals surface area contributed by atoms with Gasteiger partial charge in [-0.1, -0.05) is 6.07 Å². The highest BCUT2D eigenvalue weighted by Gasteiger charge is 2.30. The Kier molecular flexibility index (Phi) is 6.51. The Bertz CT molecular complexity index is 1300. The van der Waals surface area contributed by atoms with Crippen LogP contribution in [-0.4, -0.2) is 23.5 Å². The lowest BCUT2D eigenvalue weighted by atomic mass is 10.1. The summed E-state index contributed by atoms with van der Waals surface area (Å²) in [6.45, 7) is -0.607. The van der Waals surface area contributed by atoms with Gasteiger partial charge in [0.25, 0.3) is 5.91 Å². The van der Waals surface area contributed by atoms with E-state index in [0.29, 0.717) is 10.6 Å². The summed E-state index contributed by atoms with van der Waals surface area (Å²) in [5.41, 5.74) is 0.568. The molecule has 2 heterocycles. The summed E-state index contributed by atoms with van der Waals surface area (Å²) in [6, 6.07) is 9.40. The zero-order valence-corrected chi connectivity index (χ0v) is 18.3. The second-order valence-corrected chi connectivity index (χ2v) is 8.51. The minimum absolute atomic E-state index is 0.0197. The first-order chi connectivity index (χ1) is 16.3. The molecule has 7 nitrogen and oxygen atoms in total. The van der Waals surface area contributed by atoms with Gasteiger partial charge in [0.1, 0.15) is 22.5 Å². The molecule has 2 N–H and O–H groups in total. The molecule has 0 bridgehead atoms. The summed E-state index contributed by atoms with van der Waals surface area (Å²) in [4.78, 5) is 30.0. The lowest BCUT2D eigenvalue weighted by Gasteiger charge is -2.12. The summed E-state index contributed by atoms with van der Waals surface area (Å²) in [5.74, 6) is -1.51. The van der Waals surface area contributed by atoms with Crippen molar-refractivity contribution in [1.29, 1.82) is 5.26 Å². The summed E-state index contributed by atoms with van der Waals surface area (Å²) in [7, 11) is 0. The number of pyridine rings is 1. The number of amides is 1. The number of nitriles is 1. The van der Waals surface area contributed by atoms with Gasteiger partial charge in [-0.05, 0) is 55.2 Å². The first-order valence-corrected chi connectivity index (χ1v) is 11.0. The summed E-state index contributed by atoms with van der Waals surface area (Å²) in [6.07, 6.45) is -0.530. The third kappa shape index (κ3) is 5.02. The normalized spacial score (nSPS) is 12.5. The predicted molar refractivity (Wildman–Crippen MR) is 119 cm³/mol. The molecule has 2 aromatic heterocycles. The molecule has 0 unspecified atom stereocenters. The van der Waals surface area contributed by atoms with Crippen molar-refractivity contribution in [1.82, 2.24) is 4.98 Å². The number of hydrogen-bond acceptors (Lipinski definition) is 7. The number of thiophene rings is 1. The van der Waals surface area contributed by atoms with Crippen molar-refractivity contribution in [3.05, 3.63) is 69.7 Å². The number of alkyl halides is 3. The zero-order chi connectivity index (χ0) is 24.3. The molecule has 0 atom stereocenters. The molecule has 1 amide bonds. The number of nitrogens with zero attached hydrogens (tertiary/aromatic N) is 2. The molecule has 0 saturated heterocycles. The van der Waals surface area contributed by atoms with Crippen LogP contribution >= 0.6 is 11.3 Å². The van der Waals surface area contributed by atoms with Crippen molar-refractivity contribution in [3.63, 3.8) is 0 Å². The van der Waals surface area contributed by atoms with Crippen molar-refractivity contribution in [3.8, 4) is 6.07 Å². The fourth-order valence-corrected chi connectivity index (χ4v) is 4.82. The van der Waals surface area contributed by atoms with Gasteiger partial charge in [0.2, 0.25) is 0 Å². The Morgan fingerprint density at radius 1 is 1.21 bits per heavy atom. The SMILES string of the molecule is N#Cc1c(NC(=O)COC(=O)c2cccnc2Nc2cccc(C(F)(F)F)c2)sc2c1CCC2. The number of benzene rings is 1. The van der Waals surface area contributed by atoms with Crippen molar-refractivity contribution in [2.24, 2.45) is 0 Å². The summed E-state index contributed by atoms with van der Waals surface area (Å²) < 4.78 is 44.0. The van der Waals surface area contributed by atoms with Crippen LogP contribution in [0.4, 0.5) is 29.7 Å². The second kappa shape index (κ2) is 9.52. The Morgan fingerprint density at radius 3 is 2.79 bits per heavy atom. The number of fused-ring (bicyclic) bond motifs is 1. The van der Waals surface area contributed by atoms with Crippen molar-refractivity contribution < 1.29 is 27.5 Å². The van der Waals surface area contributed by atoms with E-state index in [2.05, 4.69) is 21.7 Å². The lowest BCUT2D eigenvalue weighted by molar-refractivity contribution is -0.137. The minimum Gasteiger partial charge on any atom is -0.452 e. The average Bonchev–Trinajstić information content (AvgIpc) is 3.38. The van der Waals surface area contributed by atoms with Gasteiger partial charge >= 0.3 is 12.1 Å². The second-order valence-electron chi connectivity index (χ2n) is 7.40. The molecule has 34 heavy (non-hydrogen) atoms. The fourth-order valence-electron chi connectivity index (χ4n) is 3.56. The van der Waals surface area contributed by atoms with Crippen LogP contribution < -0.4 is 10.6 Å². The number of carbonyl (C=O) groups excluding carboxylic acids is 2. The molecule has 174 valence electrons. The zero-order valence-electron chi connectivity index (χ0n) is 17.5. The van der Waals surface area contributed by atoms with Gasteiger partial charge in [0, 0.05) is 16.8 Å². The van der Waals surface area contributed by atoms with Crippen LogP contribution in [0.25, 0.3) is 0 Å². The van der Waals surface area contributed by atoms with Gasteiger partial charge < -0.3 is 15.4 Å². The van der Waals surface area contributed by atoms with Crippen LogP contribution in [0.5, 0.6) is 0 Å². The van der Waals surface area contributed by atoms with Gasteiger partial charge in [-0.25, -0.2) is 9.78 Å². The number of aryl methyl sites for hydroxylation is 1. The maximum atomic E-state index is 13.0. The molecule has 1 aromatic carbocycles. The van der Waals surface area contributed by atoms with Gasteiger partial charge in [-0.15, -0.1) is 11.3 Å². The third-order valence-electron chi connectivity index (χ3n) is 5.10. The Morgan fingerprint density at radius 2 is 2.03 bits per heavy atom. The number of esters is 1. The van der Waals surface area contributed by atoms with E-state index < -0.39 is 30.2 Å². The first-order valence-electron chi connectivity index (χ1n) is 10.2. The molecule has 0 spiro atoms. The molecule has 1 aliphatic rings. The van der Waals surface area contributed by atoms with Gasteiger partial charge in [0.05, 0.1) is 11.1 Å². The molecule has 3 aromatic rings. The maximum absolute atomic E-state index is 13.0. The van der Waals surface area contributed by atoms with Crippen molar-refractivity contribution in [2.75, 3.05) is 17.2 Å². The van der Waals surface area contributed by atoms with E-state index in [1.165, 1.54) is 41.8 Å². The number of anilines is 3. The average molecular weight is 486 g/mol. The number of nitrogens with one attached hydrogen (secondary N) is 2. The molecule has 4 rings (SSSR count). The standard InChI is InChI=1S/C23H17F3N4O3S/c24-23(25,26)13-4-1-5-14(10-13)29-20-16(7-3-9-28-20)22(32)33-12-19(31)30-21-17(11-27)15-6-2-8-18(15)34-21/h1,3-5,7,9-10H,2,6,8,12H2,(H,28,29)(H,30,31). The van der Waals surface area contributed by atoms with Crippen molar-refractivity contribution in [2.45, 2.75) is 25.4 Å². The number of ether oxygens (including phenoxy) is 1. The van der Waals surface area contributed by atoms with E-state index in [0.717, 1.165) is 41.8 Å². The van der Waals surface area contributed by atoms with E-state index in [1.54, 1.807) is 0 Å². The van der Waals surface area contributed by atoms with Crippen LogP contribution in [0.2, 0.25) is 0 Å². The maximum Gasteiger partial charge on any atom is 0.416 e. The monoisotopic (exact) mass is 486 g/mol. The molecule has 0 radical (unpaired) electrons. The highest BCUT2D eigenvalue weighted by Crippen LogP contribution is 2.38. The van der Waals surface area contributed by atoms with E-state index >= 15 is 0 Å². The van der Waals surface area contributed by atoms with E-state index in [4.69, 9.17) is 4.74 Å². The summed E-state index contributed by atoms with van der Waals surface area (Å²) in [5, 5.41) is 15.1. The number of halogens is 3. The van der Waals surface area contributed by atoms with Gasteiger partial charge in [-0.3, -0.25) is 4.79 Å². The molecule has 0 saturated carbocycles. The minimum atomic E-state index is -4.52. The molecule has 0 aliphatic heterocycles. The predicted octanol–water partition coefficient (Wildman–Crippen LogP) is 5.06. The Labute approximate surface area is 196 Å². The number of carbonyl (C=O) groups is 2. The molecular formula is C23H17F3N4O3S. The van der Waals surface area contributed by atoms with E-state index in [1.807, 2.05) is 0 Å². The molecule has 0 fully saturated rings. The first kappa shape index (κ1) is 23.3. The van der Waals surface area contributed by atoms with Crippen LogP contribution in [0.1, 0.15) is 38.3 Å². The van der Waals surface area contributed by atoms with Crippen LogP contribution in [0, 0.1) is 11.3 Å². The van der Waals surface area contributed by atoms with Gasteiger partial charge in [0.15, 0.2) is 6.61 Å². The highest BCUT2D eigenvalue weighted by molar-refractivity contribution is 7.16. The summed E-state index contributed by atoms with van der Waals surface area (Å²) >= 11 is 1.34. The fraction of sp³-hybridized carbons (Fsp3) is 0.217. The van der Waals surface area contributed by atoms with E-state index in [9.17, 15) is 28.0 Å². The van der Waals surface area contributed by atoms with Crippen molar-refractivity contribution >= 4 is 39.7 Å². The highest BCUT2D eigenvalue weighted by atomic mass is 32.1. The Balaban J connectivity index is 1.42. The quantitative estimate of drug-likeness (QED) is 0.472. The van der Waals surface area contributed by atoms with Crippen LogP contribution in [0.3, 0.4) is 0 Å². The largest absolute Gasteiger partial charge is 0.452 e. The van der Waals surface area contributed by atoms with Crippen LogP contribution in [0.15, 0.2) is 42.6 Å². The number of hydrogen-bond donors (Lipinski definition) is 2. The lowest BCUT2D eigenvalue weighted by Crippen LogP contribution is -2.21. The topological polar surface area (TPSA) is 104 Å². The Hall–Kier alpha value is -3.91. The molecule has 11 heteroatoms. The third-order valence-corrected chi connectivity index (χ3v) is 6.31. The van der Waals surface area contributed by atoms with Crippen LogP contribution in [-0.2, 0) is 28.5 Å². The van der Waals surface area contributed by atoms with Gasteiger partial charge in [-0.2, -0.15) is 18.4 Å². The number of aromatic nitrogens is 1. The molecule has 1 aliphatic carbocycles. The smallest absolute Gasteiger partial charge is 0.416 e.